The van der Waals surface area contributed by atoms with Crippen LogP contribution in [0, 0.1) is 0 Å². The van der Waals surface area contributed by atoms with Crippen LogP contribution in [0.25, 0.3) is 143 Å². The van der Waals surface area contributed by atoms with Crippen LogP contribution in [0.2, 0.25) is 0 Å². The summed E-state index contributed by atoms with van der Waals surface area (Å²) in [6, 6.07) is 92.9. The second kappa shape index (κ2) is 15.8. The molecule has 0 aliphatic carbocycles. The molecule has 11 aromatic carbocycles. The van der Waals surface area contributed by atoms with Crippen LogP contribution in [0.15, 0.2) is 261 Å². The zero-order chi connectivity index (χ0) is 48.4. The first-order chi connectivity index (χ1) is 36.7. The fourth-order valence-corrected chi connectivity index (χ4v) is 12.3. The molecule has 344 valence electrons. The Balaban J connectivity index is 0.831. The quantitative estimate of drug-likeness (QED) is 0.163. The number of pyridine rings is 1. The van der Waals surface area contributed by atoms with E-state index in [1.807, 2.05) is 0 Å². The summed E-state index contributed by atoms with van der Waals surface area (Å²) in [5, 5.41) is 12.0. The Bertz CT molecular complexity index is 4640. The van der Waals surface area contributed by atoms with Gasteiger partial charge >= 0.3 is 0 Å². The molecule has 0 fully saturated rings. The first-order valence-electron chi connectivity index (χ1n) is 25.4. The number of nitrogens with zero attached hydrogens (tertiary/aromatic N) is 5. The lowest BCUT2D eigenvalue weighted by molar-refractivity contribution is 1.08. The molecule has 5 heteroatoms. The van der Waals surface area contributed by atoms with Gasteiger partial charge in [0, 0.05) is 65.2 Å². The van der Waals surface area contributed by atoms with E-state index in [4.69, 9.17) is 4.98 Å². The van der Waals surface area contributed by atoms with E-state index in [0.717, 1.165) is 55.7 Å². The van der Waals surface area contributed by atoms with Crippen LogP contribution < -0.4 is 0 Å². The van der Waals surface area contributed by atoms with E-state index >= 15 is 0 Å². The first kappa shape index (κ1) is 40.7. The Kier molecular flexibility index (Phi) is 8.68. The Morgan fingerprint density at radius 3 is 0.932 bits per heavy atom. The van der Waals surface area contributed by atoms with E-state index in [2.05, 4.69) is 279 Å². The van der Waals surface area contributed by atoms with E-state index in [9.17, 15) is 0 Å². The Morgan fingerprint density at radius 2 is 0.514 bits per heavy atom. The number of rotatable bonds is 6. The van der Waals surface area contributed by atoms with E-state index in [0.29, 0.717) is 0 Å². The van der Waals surface area contributed by atoms with Crippen LogP contribution >= 0.6 is 0 Å². The summed E-state index contributed by atoms with van der Waals surface area (Å²) >= 11 is 0. The fraction of sp³-hybridized carbons (Fsp3) is 0. The maximum absolute atomic E-state index is 5.47. The van der Waals surface area contributed by atoms with Crippen LogP contribution in [-0.2, 0) is 0 Å². The van der Waals surface area contributed by atoms with Crippen molar-refractivity contribution in [2.75, 3.05) is 0 Å². The highest BCUT2D eigenvalue weighted by Gasteiger charge is 2.22. The van der Waals surface area contributed by atoms with Gasteiger partial charge in [-0.3, -0.25) is 4.57 Å². The van der Waals surface area contributed by atoms with Crippen molar-refractivity contribution in [1.29, 1.82) is 0 Å². The molecule has 0 saturated heterocycles. The average Bonchev–Trinajstić information content (AvgIpc) is 4.23. The summed E-state index contributed by atoms with van der Waals surface area (Å²) in [5.41, 5.74) is 17.4. The molecule has 5 nitrogen and oxygen atoms in total. The van der Waals surface area contributed by atoms with Gasteiger partial charge in [-0.05, 0) is 119 Å². The lowest BCUT2D eigenvalue weighted by Crippen LogP contribution is -2.03. The highest BCUT2D eigenvalue weighted by Crippen LogP contribution is 2.43. The van der Waals surface area contributed by atoms with Crippen molar-refractivity contribution < 1.29 is 0 Å². The molecule has 0 saturated carbocycles. The summed E-state index contributed by atoms with van der Waals surface area (Å²) < 4.78 is 9.53. The molecule has 0 radical (unpaired) electrons. The van der Waals surface area contributed by atoms with Crippen LogP contribution in [0.1, 0.15) is 0 Å². The number of fused-ring (bicyclic) bond motifs is 13. The highest BCUT2D eigenvalue weighted by atomic mass is 15.1. The summed E-state index contributed by atoms with van der Waals surface area (Å²) in [6.45, 7) is 0. The topological polar surface area (TPSA) is 32.6 Å². The molecule has 0 spiro atoms. The Morgan fingerprint density at radius 1 is 0.216 bits per heavy atom. The third-order valence-electron chi connectivity index (χ3n) is 15.6. The molecular weight excluding hydrogens is 899 g/mol. The van der Waals surface area contributed by atoms with Crippen molar-refractivity contribution in [2.45, 2.75) is 0 Å². The largest absolute Gasteiger partial charge is 0.309 e. The van der Waals surface area contributed by atoms with Crippen molar-refractivity contribution in [3.8, 4) is 45.1 Å². The zero-order valence-corrected chi connectivity index (χ0v) is 40.1. The third-order valence-corrected chi connectivity index (χ3v) is 15.6. The van der Waals surface area contributed by atoms with Crippen molar-refractivity contribution in [1.82, 2.24) is 23.3 Å². The van der Waals surface area contributed by atoms with Crippen molar-refractivity contribution in [3.05, 3.63) is 261 Å². The summed E-state index contributed by atoms with van der Waals surface area (Å²) in [6.07, 6.45) is 2.09. The summed E-state index contributed by atoms with van der Waals surface area (Å²) in [4.78, 5) is 5.47. The number of para-hydroxylation sites is 6. The van der Waals surface area contributed by atoms with Gasteiger partial charge in [-0.25, -0.2) is 4.98 Å². The lowest BCUT2D eigenvalue weighted by Gasteiger charge is -2.16. The minimum absolute atomic E-state index is 0.908. The molecule has 0 amide bonds. The van der Waals surface area contributed by atoms with E-state index in [-0.39, 0.29) is 0 Å². The maximum Gasteiger partial charge on any atom is 0.145 e. The zero-order valence-electron chi connectivity index (χ0n) is 40.1. The Hall–Kier alpha value is -9.97. The molecule has 0 bridgehead atoms. The van der Waals surface area contributed by atoms with Gasteiger partial charge in [-0.1, -0.05) is 158 Å². The van der Waals surface area contributed by atoms with E-state index in [1.54, 1.807) is 0 Å². The van der Waals surface area contributed by atoms with Crippen LogP contribution in [0.4, 0.5) is 0 Å². The average molecular weight is 942 g/mol. The molecule has 5 heterocycles. The molecule has 74 heavy (non-hydrogen) atoms. The third kappa shape index (κ3) is 5.89. The van der Waals surface area contributed by atoms with Gasteiger partial charge in [0.15, 0.2) is 0 Å². The maximum atomic E-state index is 5.47. The second-order valence-corrected chi connectivity index (χ2v) is 19.5. The summed E-state index contributed by atoms with van der Waals surface area (Å²) in [5.74, 6) is 0.908. The predicted molar refractivity (Wildman–Crippen MR) is 310 cm³/mol. The molecule has 0 aliphatic heterocycles. The van der Waals surface area contributed by atoms with Crippen LogP contribution in [-0.4, -0.2) is 23.3 Å². The van der Waals surface area contributed by atoms with Gasteiger partial charge in [-0.2, -0.15) is 0 Å². The van der Waals surface area contributed by atoms with Gasteiger partial charge < -0.3 is 13.7 Å². The molecule has 0 atom stereocenters. The molecule has 0 N–H and O–H groups in total. The number of benzene rings is 11. The number of aromatic nitrogens is 5. The summed E-state index contributed by atoms with van der Waals surface area (Å²) in [7, 11) is 0. The molecule has 0 unspecified atom stereocenters. The van der Waals surface area contributed by atoms with Crippen molar-refractivity contribution in [3.63, 3.8) is 0 Å². The predicted octanol–water partition coefficient (Wildman–Crippen LogP) is 18.0. The minimum Gasteiger partial charge on any atom is -0.309 e. The number of hydrogen-bond acceptors (Lipinski definition) is 1. The monoisotopic (exact) mass is 941 g/mol. The molecule has 16 rings (SSSR count). The smallest absolute Gasteiger partial charge is 0.145 e. The molecular formula is C69H43N5. The Labute approximate surface area is 425 Å². The van der Waals surface area contributed by atoms with Crippen LogP contribution in [0.3, 0.4) is 0 Å². The fourth-order valence-electron chi connectivity index (χ4n) is 12.3. The van der Waals surface area contributed by atoms with Gasteiger partial charge in [-0.15, -0.1) is 0 Å². The van der Waals surface area contributed by atoms with Crippen LogP contribution in [0.5, 0.6) is 0 Å². The van der Waals surface area contributed by atoms with Gasteiger partial charge in [0.1, 0.15) is 5.82 Å². The first-order valence-corrected chi connectivity index (χ1v) is 25.4. The van der Waals surface area contributed by atoms with Gasteiger partial charge in [0.05, 0.1) is 56.0 Å². The van der Waals surface area contributed by atoms with Gasteiger partial charge in [0.2, 0.25) is 0 Å². The van der Waals surface area contributed by atoms with E-state index < -0.39 is 0 Å². The van der Waals surface area contributed by atoms with Gasteiger partial charge in [0.25, 0.3) is 0 Å². The SMILES string of the molecule is c1ccc(-n2c3ccccc3c3cc(-c4ccc5c(c4)c4ccccc4n5-c4cnc(-n5c6ccccc6c6cc(-c7ccc8c(c7)c7ccccc7n8-c7ccccc7)ccc65)c5ccccc45)ccc32)cc1. The second-order valence-electron chi connectivity index (χ2n) is 19.5. The van der Waals surface area contributed by atoms with Crippen molar-refractivity contribution >= 4 is 98.0 Å². The normalized spacial score (nSPS) is 12.1. The number of hydrogen-bond donors (Lipinski definition) is 0. The lowest BCUT2D eigenvalue weighted by atomic mass is 10.0. The molecule has 0 aliphatic rings. The minimum atomic E-state index is 0.908. The molecule has 5 aromatic heterocycles. The standard InChI is InChI=1S/C69H43N5/c1-3-17-48(18-4-1)71-60-27-13-9-22-51(60)56-39-44(31-35-64(56)71)46-33-37-66-58(41-46)53-24-11-15-29-62(53)73(66)68-43-70-69(55-26-8-7-21-50(55)68)74-63-30-16-12-25-54(63)59-42-47(34-38-67(59)74)45-32-36-65-57(40-45)52-23-10-14-28-61(52)72(65)49-19-5-2-6-20-49/h1-43H. The highest BCUT2D eigenvalue weighted by molar-refractivity contribution is 6.16. The van der Waals surface area contributed by atoms with E-state index in [1.165, 1.54) is 87.4 Å². The van der Waals surface area contributed by atoms with Crippen molar-refractivity contribution in [2.24, 2.45) is 0 Å². The molecule has 16 aromatic rings.